The van der Waals surface area contributed by atoms with E-state index in [0.717, 1.165) is 6.42 Å². The smallest absolute Gasteiger partial charge is 0.333 e. The van der Waals surface area contributed by atoms with E-state index in [1.165, 1.54) is 0 Å². The van der Waals surface area contributed by atoms with E-state index in [0.29, 0.717) is 38.4 Å². The summed E-state index contributed by atoms with van der Waals surface area (Å²) in [6.07, 6.45) is 1.56. The van der Waals surface area contributed by atoms with Gasteiger partial charge in [-0.1, -0.05) is 13.5 Å². The zero-order valence-electron chi connectivity index (χ0n) is 13.3. The topological polar surface area (TPSA) is 77.8 Å². The number of rotatable bonds is 12. The first kappa shape index (κ1) is 19.6. The van der Waals surface area contributed by atoms with Crippen LogP contribution in [-0.2, 0) is 23.7 Å². The van der Waals surface area contributed by atoms with Gasteiger partial charge in [-0.15, -0.1) is 0 Å². The summed E-state index contributed by atoms with van der Waals surface area (Å²) < 4.78 is 20.7. The molecule has 0 radical (unpaired) electrons. The first-order valence-corrected chi connectivity index (χ1v) is 7.19. The van der Waals surface area contributed by atoms with Crippen molar-refractivity contribution in [1.82, 2.24) is 0 Å². The molecule has 0 rings (SSSR count). The minimum absolute atomic E-state index is 0.168. The summed E-state index contributed by atoms with van der Waals surface area (Å²) in [6, 6.07) is 0. The molecule has 122 valence electrons. The lowest BCUT2D eigenvalue weighted by Gasteiger charge is -2.12. The minimum Gasteiger partial charge on any atom is -0.479 e. The van der Waals surface area contributed by atoms with Gasteiger partial charge in [-0.2, -0.15) is 0 Å². The molecule has 0 amide bonds. The number of ether oxygens (including phenoxy) is 4. The summed E-state index contributed by atoms with van der Waals surface area (Å²) in [5.74, 6) is -0.252. The van der Waals surface area contributed by atoms with Crippen LogP contribution in [0.2, 0.25) is 0 Å². The van der Waals surface area contributed by atoms with Crippen molar-refractivity contribution in [2.75, 3.05) is 33.0 Å². The van der Waals surface area contributed by atoms with Gasteiger partial charge in [-0.3, -0.25) is 5.41 Å². The van der Waals surface area contributed by atoms with E-state index in [-0.39, 0.29) is 18.6 Å². The Morgan fingerprint density at radius 1 is 1.14 bits per heavy atom. The first-order valence-electron chi connectivity index (χ1n) is 7.19. The molecule has 0 heterocycles. The van der Waals surface area contributed by atoms with E-state index in [2.05, 4.69) is 13.5 Å². The molecule has 0 aliphatic rings. The SMILES string of the molecule is C=C(C)C(=O)OCCOCCC(=N)OCCOC(C)CC. The normalized spacial score (nSPS) is 11.8. The molecule has 0 saturated heterocycles. The molecule has 0 aromatic rings. The fraction of sp³-hybridized carbons (Fsp3) is 0.733. The third-order valence-electron chi connectivity index (χ3n) is 2.62. The summed E-state index contributed by atoms with van der Waals surface area (Å²) in [4.78, 5) is 11.1. The van der Waals surface area contributed by atoms with Gasteiger partial charge in [0.25, 0.3) is 0 Å². The first-order chi connectivity index (χ1) is 9.97. The predicted octanol–water partition coefficient (Wildman–Crippen LogP) is 2.32. The van der Waals surface area contributed by atoms with Crippen molar-refractivity contribution in [2.24, 2.45) is 0 Å². The van der Waals surface area contributed by atoms with E-state index in [1.807, 2.05) is 6.92 Å². The van der Waals surface area contributed by atoms with Gasteiger partial charge in [0.15, 0.2) is 5.90 Å². The molecule has 1 unspecified atom stereocenters. The lowest BCUT2D eigenvalue weighted by Crippen LogP contribution is -2.16. The highest BCUT2D eigenvalue weighted by Gasteiger charge is 2.03. The minimum atomic E-state index is -0.420. The highest BCUT2D eigenvalue weighted by atomic mass is 16.6. The molecule has 0 saturated carbocycles. The quantitative estimate of drug-likeness (QED) is 0.197. The van der Waals surface area contributed by atoms with E-state index < -0.39 is 5.97 Å². The molecule has 21 heavy (non-hydrogen) atoms. The zero-order chi connectivity index (χ0) is 16.1. The van der Waals surface area contributed by atoms with Crippen molar-refractivity contribution >= 4 is 11.9 Å². The van der Waals surface area contributed by atoms with Crippen LogP contribution < -0.4 is 0 Å². The molecule has 6 heteroatoms. The summed E-state index contributed by atoms with van der Waals surface area (Å²) in [7, 11) is 0. The van der Waals surface area contributed by atoms with Gasteiger partial charge in [0.2, 0.25) is 0 Å². The molecule has 1 N–H and O–H groups in total. The maximum absolute atomic E-state index is 11.1. The lowest BCUT2D eigenvalue weighted by atomic mass is 10.3. The number of carbonyl (C=O) groups excluding carboxylic acids is 1. The van der Waals surface area contributed by atoms with Crippen LogP contribution in [0.3, 0.4) is 0 Å². The number of hydrogen-bond donors (Lipinski definition) is 1. The Kier molecular flexibility index (Phi) is 11.5. The zero-order valence-corrected chi connectivity index (χ0v) is 13.3. The van der Waals surface area contributed by atoms with E-state index in [9.17, 15) is 4.79 Å². The van der Waals surface area contributed by atoms with Crippen LogP contribution in [0.15, 0.2) is 12.2 Å². The fourth-order valence-electron chi connectivity index (χ4n) is 1.19. The molecule has 0 aliphatic heterocycles. The molecule has 6 nitrogen and oxygen atoms in total. The van der Waals surface area contributed by atoms with Crippen molar-refractivity contribution in [2.45, 2.75) is 39.7 Å². The van der Waals surface area contributed by atoms with Gasteiger partial charge in [0, 0.05) is 12.0 Å². The van der Waals surface area contributed by atoms with Crippen molar-refractivity contribution in [3.05, 3.63) is 12.2 Å². The number of esters is 1. The number of nitrogens with one attached hydrogen (secondary N) is 1. The summed E-state index contributed by atoms with van der Waals surface area (Å²) in [5, 5.41) is 7.57. The Labute approximate surface area is 126 Å². The van der Waals surface area contributed by atoms with Crippen LogP contribution in [0.5, 0.6) is 0 Å². The maximum atomic E-state index is 11.1. The molecular weight excluding hydrogens is 274 g/mol. The summed E-state index contributed by atoms with van der Waals surface area (Å²) >= 11 is 0. The Morgan fingerprint density at radius 2 is 1.81 bits per heavy atom. The van der Waals surface area contributed by atoms with Crippen LogP contribution in [0.1, 0.15) is 33.6 Å². The van der Waals surface area contributed by atoms with E-state index in [1.54, 1.807) is 6.92 Å². The highest BCUT2D eigenvalue weighted by Crippen LogP contribution is 1.96. The molecule has 0 aliphatic carbocycles. The lowest BCUT2D eigenvalue weighted by molar-refractivity contribution is -0.140. The highest BCUT2D eigenvalue weighted by molar-refractivity contribution is 5.86. The largest absolute Gasteiger partial charge is 0.479 e. The Hall–Kier alpha value is -1.40. The predicted molar refractivity (Wildman–Crippen MR) is 80.6 cm³/mol. The van der Waals surface area contributed by atoms with Gasteiger partial charge < -0.3 is 18.9 Å². The molecule has 0 fully saturated rings. The Balaban J connectivity index is 3.38. The van der Waals surface area contributed by atoms with Crippen molar-refractivity contribution in [1.29, 1.82) is 5.41 Å². The molecule has 0 bridgehead atoms. The van der Waals surface area contributed by atoms with Crippen molar-refractivity contribution in [3.8, 4) is 0 Å². The summed E-state index contributed by atoms with van der Waals surface area (Å²) in [6.45, 7) is 10.8. The van der Waals surface area contributed by atoms with Gasteiger partial charge >= 0.3 is 5.97 Å². The average molecular weight is 301 g/mol. The molecular formula is C15H27NO5. The van der Waals surface area contributed by atoms with E-state index >= 15 is 0 Å². The average Bonchev–Trinajstić information content (AvgIpc) is 2.46. The fourth-order valence-corrected chi connectivity index (χ4v) is 1.19. The van der Waals surface area contributed by atoms with Crippen LogP contribution in [0.25, 0.3) is 0 Å². The Bertz CT molecular complexity index is 330. The second kappa shape index (κ2) is 12.3. The standard InChI is InChI=1S/C15H27NO5/c1-5-13(4)19-10-11-20-14(16)6-7-18-8-9-21-15(17)12(2)3/h13,16H,2,5-11H2,1,3-4H3. The number of carbonyl (C=O) groups is 1. The molecule has 1 atom stereocenters. The van der Waals surface area contributed by atoms with Crippen molar-refractivity contribution < 1.29 is 23.7 Å². The third kappa shape index (κ3) is 12.1. The molecule has 0 aromatic carbocycles. The van der Waals surface area contributed by atoms with Gasteiger partial charge in [-0.25, -0.2) is 4.79 Å². The second-order valence-corrected chi connectivity index (χ2v) is 4.64. The van der Waals surface area contributed by atoms with Crippen LogP contribution in [-0.4, -0.2) is 51.0 Å². The van der Waals surface area contributed by atoms with Gasteiger partial charge in [-0.05, 0) is 20.3 Å². The maximum Gasteiger partial charge on any atom is 0.333 e. The summed E-state index contributed by atoms with van der Waals surface area (Å²) in [5.41, 5.74) is 0.366. The van der Waals surface area contributed by atoms with Crippen LogP contribution in [0.4, 0.5) is 0 Å². The van der Waals surface area contributed by atoms with Crippen molar-refractivity contribution in [3.63, 3.8) is 0 Å². The molecule has 0 aromatic heterocycles. The molecule has 0 spiro atoms. The third-order valence-corrected chi connectivity index (χ3v) is 2.62. The number of hydrogen-bond acceptors (Lipinski definition) is 6. The Morgan fingerprint density at radius 3 is 2.43 bits per heavy atom. The second-order valence-electron chi connectivity index (χ2n) is 4.64. The van der Waals surface area contributed by atoms with E-state index in [4.69, 9.17) is 24.4 Å². The van der Waals surface area contributed by atoms with Crippen LogP contribution >= 0.6 is 0 Å². The van der Waals surface area contributed by atoms with Gasteiger partial charge in [0.1, 0.15) is 13.2 Å². The van der Waals surface area contributed by atoms with Gasteiger partial charge in [0.05, 0.1) is 25.9 Å². The monoisotopic (exact) mass is 301 g/mol. The van der Waals surface area contributed by atoms with Crippen LogP contribution in [0, 0.1) is 5.41 Å².